The Kier molecular flexibility index (Phi) is 7.34. The van der Waals surface area contributed by atoms with Crippen LogP contribution in [0.2, 0.25) is 0 Å². The SMILES string of the molecule is Cc1ccc(C(=O)C2C(=O)C(=O)N(c3ncc(S(=O)(=O)c4ccc([N+](C)=O)cc4)s3)C2c2cccc([N+](=O)[O-])c2)cc1. The van der Waals surface area contributed by atoms with Gasteiger partial charge in [-0.3, -0.25) is 29.4 Å². The lowest BCUT2D eigenvalue weighted by atomic mass is 9.86. The van der Waals surface area contributed by atoms with E-state index in [1.54, 1.807) is 12.1 Å². The van der Waals surface area contributed by atoms with Crippen molar-refractivity contribution in [3.8, 4) is 0 Å². The van der Waals surface area contributed by atoms with E-state index in [1.165, 1.54) is 67.7 Å². The quantitative estimate of drug-likeness (QED) is 0.0707. The number of carbonyl (C=O) groups excluding carboxylic acids is 3. The van der Waals surface area contributed by atoms with E-state index in [-0.39, 0.29) is 36.7 Å². The molecule has 2 atom stereocenters. The van der Waals surface area contributed by atoms with Crippen LogP contribution in [0.15, 0.2) is 88.1 Å². The standard InChI is InChI=1S/C28H21N4O8S2/c1-16-6-8-17(9-7-16)25(33)23-24(18-4-3-5-20(14-18)32(37)38)31(27(35)26(23)34)28-29-15-22(41-28)42(39,40)21-12-10-19(11-13-21)30(2)36/h3-15,23-24H,1-2H3/q+1. The van der Waals surface area contributed by atoms with Gasteiger partial charge in [-0.15, -0.1) is 0 Å². The van der Waals surface area contributed by atoms with Crippen LogP contribution in [-0.2, 0) is 19.4 Å². The van der Waals surface area contributed by atoms with Crippen molar-refractivity contribution < 1.29 is 32.5 Å². The highest BCUT2D eigenvalue weighted by Crippen LogP contribution is 2.44. The van der Waals surface area contributed by atoms with E-state index in [9.17, 15) is 37.8 Å². The van der Waals surface area contributed by atoms with Gasteiger partial charge in [0.1, 0.15) is 10.1 Å². The predicted molar refractivity (Wildman–Crippen MR) is 151 cm³/mol. The van der Waals surface area contributed by atoms with Crippen molar-refractivity contribution in [3.05, 3.63) is 111 Å². The summed E-state index contributed by atoms with van der Waals surface area (Å²) < 4.78 is 27.0. The normalized spacial score (nSPS) is 17.0. The maximum Gasteiger partial charge on any atom is 0.297 e. The molecule has 42 heavy (non-hydrogen) atoms. The number of nitroso groups, excluding NO2 is 1. The molecule has 212 valence electrons. The van der Waals surface area contributed by atoms with Gasteiger partial charge in [0, 0.05) is 39.5 Å². The molecule has 1 fully saturated rings. The molecule has 14 heteroatoms. The zero-order chi connectivity index (χ0) is 30.3. The number of hydrogen-bond donors (Lipinski definition) is 0. The van der Waals surface area contributed by atoms with Crippen molar-refractivity contribution in [2.24, 2.45) is 5.92 Å². The molecule has 2 heterocycles. The molecule has 3 aromatic carbocycles. The number of anilines is 1. The predicted octanol–water partition coefficient (Wildman–Crippen LogP) is 4.39. The highest BCUT2D eigenvalue weighted by molar-refractivity contribution is 7.93. The lowest BCUT2D eigenvalue weighted by Crippen LogP contribution is -2.30. The van der Waals surface area contributed by atoms with Crippen molar-refractivity contribution in [1.29, 1.82) is 0 Å². The summed E-state index contributed by atoms with van der Waals surface area (Å²) in [6.07, 6.45) is 1.03. The van der Waals surface area contributed by atoms with E-state index in [0.717, 1.165) is 16.7 Å². The molecule has 2 unspecified atom stereocenters. The third-order valence-electron chi connectivity index (χ3n) is 6.80. The molecule has 0 radical (unpaired) electrons. The number of nitro benzene ring substituents is 1. The molecule has 1 aliphatic rings. The molecule has 5 rings (SSSR count). The van der Waals surface area contributed by atoms with Gasteiger partial charge in [-0.25, -0.2) is 13.4 Å². The zero-order valence-electron chi connectivity index (χ0n) is 22.0. The van der Waals surface area contributed by atoms with E-state index in [1.807, 2.05) is 6.92 Å². The van der Waals surface area contributed by atoms with Crippen LogP contribution in [0.5, 0.6) is 0 Å². The average Bonchev–Trinajstić information content (AvgIpc) is 3.56. The minimum absolute atomic E-state index is 0.130. The number of thiazole rings is 1. The first-order valence-electron chi connectivity index (χ1n) is 12.3. The van der Waals surface area contributed by atoms with Crippen LogP contribution in [0.25, 0.3) is 0 Å². The number of nitro groups is 1. The summed E-state index contributed by atoms with van der Waals surface area (Å²) >= 11 is 0.605. The molecule has 4 aromatic rings. The fraction of sp³-hybridized carbons (Fsp3) is 0.143. The molecule has 0 aliphatic carbocycles. The summed E-state index contributed by atoms with van der Waals surface area (Å²) in [4.78, 5) is 67.7. The Labute approximate surface area is 242 Å². The van der Waals surface area contributed by atoms with Gasteiger partial charge >= 0.3 is 0 Å². The molecule has 0 N–H and O–H groups in total. The number of rotatable bonds is 8. The third kappa shape index (κ3) is 5.01. The van der Waals surface area contributed by atoms with Gasteiger partial charge in [0.2, 0.25) is 15.6 Å². The number of sulfone groups is 1. The first kappa shape index (κ1) is 28.6. The molecule has 0 bridgehead atoms. The van der Waals surface area contributed by atoms with Gasteiger partial charge in [0.25, 0.3) is 17.3 Å². The van der Waals surface area contributed by atoms with Crippen molar-refractivity contribution >= 4 is 55.2 Å². The molecule has 1 aliphatic heterocycles. The second-order valence-electron chi connectivity index (χ2n) is 9.50. The van der Waals surface area contributed by atoms with Crippen molar-refractivity contribution in [2.75, 3.05) is 11.9 Å². The van der Waals surface area contributed by atoms with E-state index in [2.05, 4.69) is 4.98 Å². The zero-order valence-corrected chi connectivity index (χ0v) is 23.7. The Bertz CT molecular complexity index is 1880. The van der Waals surface area contributed by atoms with Gasteiger partial charge in [-0.1, -0.05) is 53.3 Å². The van der Waals surface area contributed by atoms with Gasteiger partial charge in [0.15, 0.2) is 18.0 Å². The van der Waals surface area contributed by atoms with Crippen molar-refractivity contribution in [1.82, 2.24) is 4.98 Å². The summed E-state index contributed by atoms with van der Waals surface area (Å²) in [5.41, 5.74) is 1.08. The lowest BCUT2D eigenvalue weighted by Gasteiger charge is -2.25. The summed E-state index contributed by atoms with van der Waals surface area (Å²) in [5.74, 6) is -4.38. The average molecular weight is 606 g/mol. The Morgan fingerprint density at radius 1 is 0.976 bits per heavy atom. The van der Waals surface area contributed by atoms with Crippen LogP contribution in [0, 0.1) is 27.9 Å². The molecule has 1 amide bonds. The van der Waals surface area contributed by atoms with Crippen LogP contribution < -0.4 is 4.90 Å². The number of Topliss-reactive ketones (excluding diaryl/α,β-unsaturated/α-hetero) is 2. The fourth-order valence-electron chi connectivity index (χ4n) is 4.64. The van der Waals surface area contributed by atoms with E-state index in [0.29, 0.717) is 16.1 Å². The molecular formula is C28H21N4O8S2+. The fourth-order valence-corrected chi connectivity index (χ4v) is 7.19. The van der Waals surface area contributed by atoms with E-state index < -0.39 is 44.2 Å². The van der Waals surface area contributed by atoms with Gasteiger partial charge in [0.05, 0.1) is 22.1 Å². The lowest BCUT2D eigenvalue weighted by molar-refractivity contribution is -0.428. The van der Waals surface area contributed by atoms with E-state index >= 15 is 0 Å². The van der Waals surface area contributed by atoms with E-state index in [4.69, 9.17) is 0 Å². The Morgan fingerprint density at radius 2 is 1.64 bits per heavy atom. The molecule has 0 spiro atoms. The first-order chi connectivity index (χ1) is 19.9. The minimum Gasteiger partial charge on any atom is -0.293 e. The number of aryl methyl sites for hydroxylation is 1. The van der Waals surface area contributed by atoms with Crippen LogP contribution in [0.4, 0.5) is 16.5 Å². The number of carbonyl (C=O) groups is 3. The van der Waals surface area contributed by atoms with Crippen LogP contribution in [0.3, 0.4) is 0 Å². The van der Waals surface area contributed by atoms with Gasteiger partial charge < -0.3 is 0 Å². The minimum atomic E-state index is -4.14. The Hall–Kier alpha value is -4.95. The monoisotopic (exact) mass is 605 g/mol. The number of hydrogen-bond acceptors (Lipinski definition) is 10. The number of ketones is 2. The number of amides is 1. The maximum atomic E-state index is 13.6. The van der Waals surface area contributed by atoms with Gasteiger partial charge in [-0.05, 0) is 24.6 Å². The molecule has 1 aromatic heterocycles. The van der Waals surface area contributed by atoms with Crippen LogP contribution >= 0.6 is 11.3 Å². The second-order valence-corrected chi connectivity index (χ2v) is 12.7. The highest BCUT2D eigenvalue weighted by atomic mass is 32.2. The van der Waals surface area contributed by atoms with Crippen LogP contribution in [-0.4, -0.2) is 47.6 Å². The largest absolute Gasteiger partial charge is 0.297 e. The van der Waals surface area contributed by atoms with Crippen molar-refractivity contribution in [2.45, 2.75) is 22.1 Å². The first-order valence-corrected chi connectivity index (χ1v) is 14.6. The Balaban J connectivity index is 1.60. The van der Waals surface area contributed by atoms with Crippen LogP contribution in [0.1, 0.15) is 27.5 Å². The molecule has 12 nitrogen and oxygen atoms in total. The Morgan fingerprint density at radius 3 is 2.26 bits per heavy atom. The maximum absolute atomic E-state index is 13.6. The third-order valence-corrected chi connectivity index (χ3v) is 10.0. The van der Waals surface area contributed by atoms with Gasteiger partial charge in [-0.2, -0.15) is 0 Å². The highest BCUT2D eigenvalue weighted by Gasteiger charge is 2.53. The number of nitrogens with zero attached hydrogens (tertiary/aromatic N) is 4. The topological polar surface area (TPSA) is 165 Å². The summed E-state index contributed by atoms with van der Waals surface area (Å²) in [5, 5.41) is 11.3. The summed E-state index contributed by atoms with van der Waals surface area (Å²) in [6, 6.07) is 15.5. The second kappa shape index (κ2) is 10.8. The smallest absolute Gasteiger partial charge is 0.293 e. The number of non-ortho nitro benzene ring substituents is 1. The van der Waals surface area contributed by atoms with Crippen molar-refractivity contribution in [3.63, 3.8) is 0 Å². The number of benzene rings is 3. The molecular weight excluding hydrogens is 584 g/mol. The molecule has 0 saturated carbocycles. The summed E-state index contributed by atoms with van der Waals surface area (Å²) in [6.45, 7) is 1.82. The summed E-state index contributed by atoms with van der Waals surface area (Å²) in [7, 11) is -2.88. The molecule has 1 saturated heterocycles. The number of aromatic nitrogens is 1.